The van der Waals surface area contributed by atoms with Crippen molar-refractivity contribution in [1.82, 2.24) is 5.32 Å². The summed E-state index contributed by atoms with van der Waals surface area (Å²) < 4.78 is 14.1. The molecule has 1 aliphatic rings. The number of rotatable bonds is 7. The number of benzene rings is 1. The maximum atomic E-state index is 14.1. The van der Waals surface area contributed by atoms with Crippen LogP contribution >= 0.6 is 0 Å². The van der Waals surface area contributed by atoms with Crippen LogP contribution in [0.3, 0.4) is 0 Å². The van der Waals surface area contributed by atoms with Crippen molar-refractivity contribution in [2.75, 3.05) is 24.5 Å². The zero-order valence-corrected chi connectivity index (χ0v) is 13.1. The Bertz CT molecular complexity index is 444. The van der Waals surface area contributed by atoms with Crippen LogP contribution in [0.4, 0.5) is 10.1 Å². The van der Waals surface area contributed by atoms with Gasteiger partial charge in [0.1, 0.15) is 5.82 Å². The first kappa shape index (κ1) is 16.2. The van der Waals surface area contributed by atoms with E-state index < -0.39 is 0 Å². The maximum Gasteiger partial charge on any atom is 0.129 e. The third kappa shape index (κ3) is 4.68. The Kier molecular flexibility index (Phi) is 6.00. The highest BCUT2D eigenvalue weighted by Crippen LogP contribution is 2.26. The molecule has 1 aromatic carbocycles. The lowest BCUT2D eigenvalue weighted by Crippen LogP contribution is -2.26. The molecule has 1 fully saturated rings. The van der Waals surface area contributed by atoms with E-state index in [1.165, 1.54) is 18.9 Å². The molecule has 118 valence electrons. The third-order valence-electron chi connectivity index (χ3n) is 4.08. The first-order valence-electron chi connectivity index (χ1n) is 7.99. The summed E-state index contributed by atoms with van der Waals surface area (Å²) in [4.78, 5) is 2.28. The fourth-order valence-electron chi connectivity index (χ4n) is 3.09. The summed E-state index contributed by atoms with van der Waals surface area (Å²) in [6, 6.07) is 5.35. The van der Waals surface area contributed by atoms with Crippen LogP contribution in [0.5, 0.6) is 0 Å². The molecule has 21 heavy (non-hydrogen) atoms. The second-order valence-electron chi connectivity index (χ2n) is 6.25. The molecule has 1 aromatic rings. The SMILES string of the molecule is CC(O)CC(C)CNCc1c(F)cccc1N1CCCC1. The van der Waals surface area contributed by atoms with Gasteiger partial charge in [-0.1, -0.05) is 13.0 Å². The molecule has 0 aliphatic carbocycles. The van der Waals surface area contributed by atoms with Crippen molar-refractivity contribution in [2.24, 2.45) is 5.92 Å². The average molecular weight is 294 g/mol. The summed E-state index contributed by atoms with van der Waals surface area (Å²) in [5, 5.41) is 12.7. The zero-order chi connectivity index (χ0) is 15.2. The van der Waals surface area contributed by atoms with Gasteiger partial charge >= 0.3 is 0 Å². The molecule has 2 atom stereocenters. The van der Waals surface area contributed by atoms with Crippen LogP contribution in [-0.2, 0) is 6.54 Å². The fourth-order valence-corrected chi connectivity index (χ4v) is 3.09. The van der Waals surface area contributed by atoms with E-state index in [0.717, 1.165) is 37.3 Å². The zero-order valence-electron chi connectivity index (χ0n) is 13.1. The second kappa shape index (κ2) is 7.76. The molecule has 2 rings (SSSR count). The van der Waals surface area contributed by atoms with Crippen molar-refractivity contribution in [1.29, 1.82) is 0 Å². The molecule has 4 heteroatoms. The van der Waals surface area contributed by atoms with Crippen LogP contribution in [0.2, 0.25) is 0 Å². The molecular weight excluding hydrogens is 267 g/mol. The first-order valence-corrected chi connectivity index (χ1v) is 7.99. The molecule has 0 radical (unpaired) electrons. The van der Waals surface area contributed by atoms with E-state index in [4.69, 9.17) is 0 Å². The van der Waals surface area contributed by atoms with Crippen LogP contribution < -0.4 is 10.2 Å². The minimum absolute atomic E-state index is 0.130. The average Bonchev–Trinajstić information content (AvgIpc) is 2.93. The van der Waals surface area contributed by atoms with E-state index >= 15 is 0 Å². The van der Waals surface area contributed by atoms with Gasteiger partial charge in [-0.2, -0.15) is 0 Å². The number of aliphatic hydroxyl groups excluding tert-OH is 1. The predicted molar refractivity (Wildman–Crippen MR) is 85.0 cm³/mol. The third-order valence-corrected chi connectivity index (χ3v) is 4.08. The number of aliphatic hydroxyl groups is 1. The number of hydrogen-bond donors (Lipinski definition) is 2. The highest BCUT2D eigenvalue weighted by Gasteiger charge is 2.18. The lowest BCUT2D eigenvalue weighted by molar-refractivity contribution is 0.163. The topological polar surface area (TPSA) is 35.5 Å². The summed E-state index contributed by atoms with van der Waals surface area (Å²) in [6.07, 6.45) is 2.86. The Labute approximate surface area is 127 Å². The first-order chi connectivity index (χ1) is 10.1. The Hall–Kier alpha value is -1.13. The Balaban J connectivity index is 1.95. The summed E-state index contributed by atoms with van der Waals surface area (Å²) in [5.41, 5.74) is 1.80. The van der Waals surface area contributed by atoms with Gasteiger partial charge in [-0.05, 0) is 50.8 Å². The lowest BCUT2D eigenvalue weighted by atomic mass is 10.0. The number of nitrogens with one attached hydrogen (secondary N) is 1. The second-order valence-corrected chi connectivity index (χ2v) is 6.25. The summed E-state index contributed by atoms with van der Waals surface area (Å²) in [5.74, 6) is 0.252. The molecule has 1 heterocycles. The van der Waals surface area contributed by atoms with Crippen molar-refractivity contribution in [3.63, 3.8) is 0 Å². The Morgan fingerprint density at radius 3 is 2.67 bits per heavy atom. The van der Waals surface area contributed by atoms with Gasteiger partial charge in [-0.3, -0.25) is 0 Å². The van der Waals surface area contributed by atoms with Gasteiger partial charge in [0.25, 0.3) is 0 Å². The monoisotopic (exact) mass is 294 g/mol. The highest BCUT2D eigenvalue weighted by molar-refractivity contribution is 5.54. The number of nitrogens with zero attached hydrogens (tertiary/aromatic N) is 1. The van der Waals surface area contributed by atoms with Gasteiger partial charge in [0, 0.05) is 30.9 Å². The molecular formula is C17H27FN2O. The van der Waals surface area contributed by atoms with Crippen LogP contribution in [0.15, 0.2) is 18.2 Å². The number of anilines is 1. The van der Waals surface area contributed by atoms with Crippen molar-refractivity contribution in [3.05, 3.63) is 29.6 Å². The molecule has 0 amide bonds. The quantitative estimate of drug-likeness (QED) is 0.811. The van der Waals surface area contributed by atoms with Gasteiger partial charge < -0.3 is 15.3 Å². The van der Waals surface area contributed by atoms with Crippen LogP contribution in [0, 0.1) is 11.7 Å². The minimum Gasteiger partial charge on any atom is -0.393 e. The highest BCUT2D eigenvalue weighted by atomic mass is 19.1. The molecule has 2 N–H and O–H groups in total. The van der Waals surface area contributed by atoms with E-state index in [0.29, 0.717) is 12.5 Å². The van der Waals surface area contributed by atoms with Crippen molar-refractivity contribution < 1.29 is 9.50 Å². The predicted octanol–water partition coefficient (Wildman–Crippen LogP) is 2.92. The smallest absolute Gasteiger partial charge is 0.129 e. The van der Waals surface area contributed by atoms with Gasteiger partial charge in [-0.15, -0.1) is 0 Å². The standard InChI is InChI=1S/C17H27FN2O/c1-13(10-14(2)21)11-19-12-15-16(18)6-5-7-17(15)20-8-3-4-9-20/h5-7,13-14,19,21H,3-4,8-12H2,1-2H3. The van der Waals surface area contributed by atoms with Gasteiger partial charge in [0.05, 0.1) is 6.10 Å². The van der Waals surface area contributed by atoms with Crippen molar-refractivity contribution in [2.45, 2.75) is 45.8 Å². The number of hydrogen-bond acceptors (Lipinski definition) is 3. The van der Waals surface area contributed by atoms with E-state index in [2.05, 4.69) is 17.1 Å². The Morgan fingerprint density at radius 1 is 1.29 bits per heavy atom. The van der Waals surface area contributed by atoms with Gasteiger partial charge in [-0.25, -0.2) is 4.39 Å². The van der Waals surface area contributed by atoms with Gasteiger partial charge in [0.15, 0.2) is 0 Å². The van der Waals surface area contributed by atoms with E-state index in [1.807, 2.05) is 6.07 Å². The minimum atomic E-state index is -0.282. The van der Waals surface area contributed by atoms with Crippen molar-refractivity contribution in [3.8, 4) is 0 Å². The van der Waals surface area contributed by atoms with E-state index in [1.54, 1.807) is 13.0 Å². The maximum absolute atomic E-state index is 14.1. The van der Waals surface area contributed by atoms with E-state index in [-0.39, 0.29) is 11.9 Å². The number of halogens is 1. The largest absolute Gasteiger partial charge is 0.393 e. The Morgan fingerprint density at radius 2 is 2.00 bits per heavy atom. The molecule has 1 saturated heterocycles. The normalized spacial score (nSPS) is 18.0. The van der Waals surface area contributed by atoms with Gasteiger partial charge in [0.2, 0.25) is 0 Å². The fraction of sp³-hybridized carbons (Fsp3) is 0.647. The molecule has 0 bridgehead atoms. The van der Waals surface area contributed by atoms with Crippen molar-refractivity contribution >= 4 is 5.69 Å². The molecule has 0 spiro atoms. The molecule has 3 nitrogen and oxygen atoms in total. The molecule has 0 saturated carbocycles. The van der Waals surface area contributed by atoms with Crippen LogP contribution in [0.1, 0.15) is 38.7 Å². The summed E-state index contributed by atoms with van der Waals surface area (Å²) in [7, 11) is 0. The van der Waals surface area contributed by atoms with Crippen LogP contribution in [0.25, 0.3) is 0 Å². The summed E-state index contributed by atoms with van der Waals surface area (Å²) in [6.45, 7) is 7.28. The molecule has 2 unspecified atom stereocenters. The van der Waals surface area contributed by atoms with E-state index in [9.17, 15) is 9.50 Å². The summed E-state index contributed by atoms with van der Waals surface area (Å²) >= 11 is 0. The molecule has 1 aliphatic heterocycles. The molecule has 0 aromatic heterocycles. The van der Waals surface area contributed by atoms with Crippen LogP contribution in [-0.4, -0.2) is 30.8 Å². The lowest BCUT2D eigenvalue weighted by Gasteiger charge is -2.22.